The van der Waals surface area contributed by atoms with Crippen molar-refractivity contribution in [3.05, 3.63) is 36.0 Å². The number of aryl methyl sites for hydroxylation is 1. The minimum atomic E-state index is -0.0426. The third-order valence-electron chi connectivity index (χ3n) is 2.37. The second kappa shape index (κ2) is 6.75. The molecule has 2 aromatic rings. The van der Waals surface area contributed by atoms with Crippen molar-refractivity contribution in [3.8, 4) is 11.5 Å². The summed E-state index contributed by atoms with van der Waals surface area (Å²) in [5.41, 5.74) is 0. The molecule has 0 radical (unpaired) electrons. The number of rotatable bonds is 7. The summed E-state index contributed by atoms with van der Waals surface area (Å²) in [5.74, 6) is 2.24. The zero-order chi connectivity index (χ0) is 13.5. The predicted octanol–water partition coefficient (Wildman–Crippen LogP) is 1.58. The molecular weight excluding hydrogens is 248 g/mol. The van der Waals surface area contributed by atoms with Crippen LogP contribution in [-0.4, -0.2) is 28.5 Å². The van der Waals surface area contributed by atoms with Crippen LogP contribution in [0.1, 0.15) is 18.6 Å². The smallest absolute Gasteiger partial charge is 0.226 e. The molecule has 0 aliphatic heterocycles. The van der Waals surface area contributed by atoms with Crippen molar-refractivity contribution in [1.29, 1.82) is 0 Å². The van der Waals surface area contributed by atoms with E-state index in [9.17, 15) is 0 Å². The lowest BCUT2D eigenvalue weighted by molar-refractivity contribution is 0.191. The summed E-state index contributed by atoms with van der Waals surface area (Å²) in [5, 5.41) is 12.6. The summed E-state index contributed by atoms with van der Waals surface area (Å²) in [7, 11) is 0. The fourth-order valence-electron chi connectivity index (χ4n) is 1.48. The van der Waals surface area contributed by atoms with Gasteiger partial charge in [-0.15, -0.1) is 0 Å². The third-order valence-corrected chi connectivity index (χ3v) is 2.37. The van der Waals surface area contributed by atoms with Crippen molar-refractivity contribution in [1.82, 2.24) is 10.1 Å². The van der Waals surface area contributed by atoms with E-state index in [1.165, 1.54) is 0 Å². The molecule has 1 N–H and O–H groups in total. The maximum Gasteiger partial charge on any atom is 0.226 e. The Morgan fingerprint density at radius 1 is 1.21 bits per heavy atom. The first-order valence-corrected chi connectivity index (χ1v) is 6.10. The molecule has 1 aromatic heterocycles. The number of para-hydroxylation sites is 2. The van der Waals surface area contributed by atoms with Gasteiger partial charge in [0.1, 0.15) is 6.61 Å². The Morgan fingerprint density at radius 3 is 2.58 bits per heavy atom. The van der Waals surface area contributed by atoms with Gasteiger partial charge in [-0.25, -0.2) is 0 Å². The normalized spacial score (nSPS) is 10.4. The van der Waals surface area contributed by atoms with Crippen LogP contribution in [0.25, 0.3) is 0 Å². The number of hydrogen-bond donors (Lipinski definition) is 1. The van der Waals surface area contributed by atoms with Crippen LogP contribution in [0.3, 0.4) is 0 Å². The molecule has 1 heterocycles. The lowest BCUT2D eigenvalue weighted by Gasteiger charge is -2.10. The Hall–Kier alpha value is -2.08. The molecule has 0 fully saturated rings. The second-order valence-electron chi connectivity index (χ2n) is 3.77. The molecule has 2 rings (SSSR count). The molecule has 6 nitrogen and oxygen atoms in total. The lowest BCUT2D eigenvalue weighted by atomic mass is 10.3. The van der Waals surface area contributed by atoms with Gasteiger partial charge >= 0.3 is 0 Å². The third kappa shape index (κ3) is 3.69. The van der Waals surface area contributed by atoms with E-state index in [4.69, 9.17) is 19.1 Å². The van der Waals surface area contributed by atoms with Gasteiger partial charge < -0.3 is 19.1 Å². The Labute approximate surface area is 111 Å². The highest BCUT2D eigenvalue weighted by molar-refractivity contribution is 5.39. The van der Waals surface area contributed by atoms with E-state index >= 15 is 0 Å². The number of benzene rings is 1. The molecule has 0 aliphatic carbocycles. The fourth-order valence-corrected chi connectivity index (χ4v) is 1.48. The molecular formula is C13H16N2O4. The van der Waals surface area contributed by atoms with E-state index in [0.717, 1.165) is 0 Å². The zero-order valence-corrected chi connectivity index (χ0v) is 10.7. The maximum absolute atomic E-state index is 8.76. The van der Waals surface area contributed by atoms with Crippen LogP contribution in [0.4, 0.5) is 0 Å². The number of aliphatic hydroxyl groups excluding tert-OH is 1. The topological polar surface area (TPSA) is 77.6 Å². The van der Waals surface area contributed by atoms with Crippen LogP contribution in [0.5, 0.6) is 11.5 Å². The number of hydrogen-bond acceptors (Lipinski definition) is 6. The van der Waals surface area contributed by atoms with Crippen LogP contribution in [0.2, 0.25) is 0 Å². The van der Waals surface area contributed by atoms with E-state index < -0.39 is 0 Å². The van der Waals surface area contributed by atoms with Gasteiger partial charge in [-0.2, -0.15) is 4.98 Å². The average Bonchev–Trinajstić information content (AvgIpc) is 2.91. The van der Waals surface area contributed by atoms with Gasteiger partial charge in [0.05, 0.1) is 6.61 Å². The summed E-state index contributed by atoms with van der Waals surface area (Å²) < 4.78 is 15.9. The van der Waals surface area contributed by atoms with Crippen LogP contribution in [0, 0.1) is 0 Å². The molecule has 0 atom stereocenters. The highest BCUT2D eigenvalue weighted by Gasteiger charge is 2.08. The van der Waals surface area contributed by atoms with Crippen molar-refractivity contribution < 1.29 is 19.1 Å². The standard InChI is InChI=1S/C13H16N2O4/c1-2-13-14-12(15-19-13)9-18-11-6-4-3-5-10(11)17-8-7-16/h3-6,16H,2,7-9H2,1H3. The Kier molecular flexibility index (Phi) is 4.74. The van der Waals surface area contributed by atoms with E-state index in [1.54, 1.807) is 12.1 Å². The summed E-state index contributed by atoms with van der Waals surface area (Å²) >= 11 is 0. The van der Waals surface area contributed by atoms with E-state index in [1.807, 2.05) is 19.1 Å². The van der Waals surface area contributed by atoms with Crippen molar-refractivity contribution in [3.63, 3.8) is 0 Å². The molecule has 6 heteroatoms. The minimum absolute atomic E-state index is 0.0426. The van der Waals surface area contributed by atoms with Crippen LogP contribution in [0.15, 0.2) is 28.8 Å². The first-order valence-electron chi connectivity index (χ1n) is 6.10. The Balaban J connectivity index is 1.98. The predicted molar refractivity (Wildman–Crippen MR) is 67.0 cm³/mol. The average molecular weight is 264 g/mol. The van der Waals surface area contributed by atoms with Gasteiger partial charge in [0.15, 0.2) is 18.1 Å². The van der Waals surface area contributed by atoms with Crippen molar-refractivity contribution in [2.45, 2.75) is 20.0 Å². The lowest BCUT2D eigenvalue weighted by Crippen LogP contribution is -2.04. The largest absolute Gasteiger partial charge is 0.487 e. The van der Waals surface area contributed by atoms with E-state index in [-0.39, 0.29) is 19.8 Å². The maximum atomic E-state index is 8.76. The van der Waals surface area contributed by atoms with Crippen molar-refractivity contribution >= 4 is 0 Å². The minimum Gasteiger partial charge on any atom is -0.487 e. The second-order valence-corrected chi connectivity index (χ2v) is 3.77. The Morgan fingerprint density at radius 2 is 1.95 bits per heavy atom. The van der Waals surface area contributed by atoms with Gasteiger partial charge in [-0.1, -0.05) is 24.2 Å². The van der Waals surface area contributed by atoms with Crippen molar-refractivity contribution in [2.75, 3.05) is 13.2 Å². The molecule has 102 valence electrons. The van der Waals surface area contributed by atoms with Crippen LogP contribution < -0.4 is 9.47 Å². The quantitative estimate of drug-likeness (QED) is 0.818. The van der Waals surface area contributed by atoms with Gasteiger partial charge in [0, 0.05) is 6.42 Å². The van der Waals surface area contributed by atoms with E-state index in [2.05, 4.69) is 10.1 Å². The Bertz CT molecular complexity index is 513. The number of aromatic nitrogens is 2. The van der Waals surface area contributed by atoms with Gasteiger partial charge in [-0.05, 0) is 12.1 Å². The monoisotopic (exact) mass is 264 g/mol. The first kappa shape index (κ1) is 13.4. The zero-order valence-electron chi connectivity index (χ0n) is 10.7. The molecule has 1 aromatic carbocycles. The van der Waals surface area contributed by atoms with E-state index in [0.29, 0.717) is 29.6 Å². The fraction of sp³-hybridized carbons (Fsp3) is 0.385. The number of nitrogens with zero attached hydrogens (tertiary/aromatic N) is 2. The molecule has 0 aliphatic rings. The molecule has 0 amide bonds. The SMILES string of the molecule is CCc1nc(COc2ccccc2OCCO)no1. The van der Waals surface area contributed by atoms with Crippen LogP contribution in [-0.2, 0) is 13.0 Å². The van der Waals surface area contributed by atoms with Crippen LogP contribution >= 0.6 is 0 Å². The molecule has 0 saturated heterocycles. The molecule has 0 bridgehead atoms. The van der Waals surface area contributed by atoms with Gasteiger partial charge in [0.25, 0.3) is 0 Å². The summed E-state index contributed by atoms with van der Waals surface area (Å²) in [6.45, 7) is 2.33. The summed E-state index contributed by atoms with van der Waals surface area (Å²) in [4.78, 5) is 4.15. The highest BCUT2D eigenvalue weighted by Crippen LogP contribution is 2.26. The molecule has 0 saturated carbocycles. The molecule has 0 spiro atoms. The van der Waals surface area contributed by atoms with Gasteiger partial charge in [0.2, 0.25) is 11.7 Å². The first-order chi connectivity index (χ1) is 9.33. The molecule has 19 heavy (non-hydrogen) atoms. The number of aliphatic hydroxyl groups is 1. The molecule has 0 unspecified atom stereocenters. The van der Waals surface area contributed by atoms with Gasteiger partial charge in [-0.3, -0.25) is 0 Å². The van der Waals surface area contributed by atoms with Crippen molar-refractivity contribution in [2.24, 2.45) is 0 Å². The number of ether oxygens (including phenoxy) is 2. The summed E-state index contributed by atoms with van der Waals surface area (Å²) in [6.07, 6.45) is 0.698. The highest BCUT2D eigenvalue weighted by atomic mass is 16.5. The summed E-state index contributed by atoms with van der Waals surface area (Å²) in [6, 6.07) is 7.24.